The van der Waals surface area contributed by atoms with Gasteiger partial charge in [0.2, 0.25) is 0 Å². The molecule has 1 unspecified atom stereocenters. The van der Waals surface area contributed by atoms with Crippen LogP contribution in [-0.2, 0) is 28.6 Å². The van der Waals surface area contributed by atoms with E-state index >= 15 is 0 Å². The summed E-state index contributed by atoms with van der Waals surface area (Å²) in [5.74, 6) is -0.971. The van der Waals surface area contributed by atoms with Gasteiger partial charge in [0.05, 0.1) is 0 Å². The molecular formula is C75H122O6. The highest BCUT2D eigenvalue weighted by Gasteiger charge is 2.19. The van der Waals surface area contributed by atoms with Gasteiger partial charge in [0, 0.05) is 19.3 Å². The minimum atomic E-state index is -0.814. The molecule has 0 saturated heterocycles. The van der Waals surface area contributed by atoms with Crippen molar-refractivity contribution in [3.8, 4) is 0 Å². The van der Waals surface area contributed by atoms with E-state index in [0.29, 0.717) is 19.3 Å². The Morgan fingerprint density at radius 1 is 0.259 bits per heavy atom. The van der Waals surface area contributed by atoms with E-state index in [1.165, 1.54) is 128 Å². The number of esters is 3. The van der Waals surface area contributed by atoms with Crippen molar-refractivity contribution in [1.82, 2.24) is 0 Å². The molecule has 0 spiro atoms. The molecule has 0 saturated carbocycles. The van der Waals surface area contributed by atoms with E-state index in [1.54, 1.807) is 0 Å². The molecule has 0 rings (SSSR count). The molecule has 0 heterocycles. The molecule has 0 aromatic carbocycles. The van der Waals surface area contributed by atoms with Crippen molar-refractivity contribution in [2.24, 2.45) is 0 Å². The summed E-state index contributed by atoms with van der Waals surface area (Å²) in [6.07, 6.45) is 97.1. The summed E-state index contributed by atoms with van der Waals surface area (Å²) in [5.41, 5.74) is 0. The van der Waals surface area contributed by atoms with E-state index in [-0.39, 0.29) is 37.5 Å². The fourth-order valence-corrected chi connectivity index (χ4v) is 8.89. The van der Waals surface area contributed by atoms with Crippen LogP contribution < -0.4 is 0 Å². The van der Waals surface area contributed by atoms with E-state index < -0.39 is 6.10 Å². The van der Waals surface area contributed by atoms with Gasteiger partial charge in [-0.1, -0.05) is 282 Å². The summed E-state index contributed by atoms with van der Waals surface area (Å²) < 4.78 is 16.9. The van der Waals surface area contributed by atoms with Crippen LogP contribution >= 0.6 is 0 Å². The normalized spacial score (nSPS) is 13.1. The third-order valence-corrected chi connectivity index (χ3v) is 13.8. The van der Waals surface area contributed by atoms with E-state index in [1.807, 2.05) is 0 Å². The van der Waals surface area contributed by atoms with Crippen LogP contribution in [0.5, 0.6) is 0 Å². The largest absolute Gasteiger partial charge is 0.462 e. The summed E-state index contributed by atoms with van der Waals surface area (Å²) in [7, 11) is 0. The van der Waals surface area contributed by atoms with Crippen LogP contribution in [0.25, 0.3) is 0 Å². The van der Waals surface area contributed by atoms with Crippen molar-refractivity contribution in [2.75, 3.05) is 13.2 Å². The molecule has 6 nitrogen and oxygen atoms in total. The number of ether oxygens (including phenoxy) is 3. The minimum Gasteiger partial charge on any atom is -0.462 e. The zero-order valence-corrected chi connectivity index (χ0v) is 52.5. The van der Waals surface area contributed by atoms with Crippen LogP contribution in [0.1, 0.15) is 290 Å². The van der Waals surface area contributed by atoms with Crippen molar-refractivity contribution < 1.29 is 28.6 Å². The Morgan fingerprint density at radius 2 is 0.494 bits per heavy atom. The molecule has 0 radical (unpaired) electrons. The summed E-state index contributed by atoms with van der Waals surface area (Å²) in [4.78, 5) is 38.4. The smallest absolute Gasteiger partial charge is 0.306 e. The van der Waals surface area contributed by atoms with Crippen molar-refractivity contribution in [1.29, 1.82) is 0 Å². The number of hydrogen-bond acceptors (Lipinski definition) is 6. The van der Waals surface area contributed by atoms with Crippen molar-refractivity contribution >= 4 is 17.9 Å². The lowest BCUT2D eigenvalue weighted by atomic mass is 10.0. The Balaban J connectivity index is 4.50. The zero-order chi connectivity index (χ0) is 58.5. The topological polar surface area (TPSA) is 78.9 Å². The molecule has 0 aliphatic carbocycles. The first-order valence-electron chi connectivity index (χ1n) is 33.3. The predicted molar refractivity (Wildman–Crippen MR) is 352 cm³/mol. The number of allylic oxidation sites excluding steroid dienone is 24. The van der Waals surface area contributed by atoms with Crippen LogP contribution in [0, 0.1) is 0 Å². The maximum Gasteiger partial charge on any atom is 0.306 e. The molecule has 0 aliphatic rings. The highest BCUT2D eigenvalue weighted by atomic mass is 16.6. The maximum absolute atomic E-state index is 12.9. The average molecular weight is 1120 g/mol. The SMILES string of the molecule is CC/C=C\C/C=C\C/C=C\C/C=C\C/C=C\C/C=C\C/C=C\CCCC(=O)OCC(COC(=O)CCCCCCCCC/C=C\CCCCCCCC)OC(=O)CCCCCCCCCCCC/C=C\C/C=C\C/C=C\C/C=C\CC. The van der Waals surface area contributed by atoms with Crippen LogP contribution in [0.15, 0.2) is 146 Å². The summed E-state index contributed by atoms with van der Waals surface area (Å²) in [6, 6.07) is 0. The number of carbonyl (C=O) groups excluding carboxylic acids is 3. The van der Waals surface area contributed by atoms with Gasteiger partial charge in [-0.3, -0.25) is 14.4 Å². The maximum atomic E-state index is 12.9. The second kappa shape index (κ2) is 67.8. The first-order valence-corrected chi connectivity index (χ1v) is 33.3. The van der Waals surface area contributed by atoms with Crippen LogP contribution in [0.3, 0.4) is 0 Å². The highest BCUT2D eigenvalue weighted by molar-refractivity contribution is 5.71. The molecule has 0 N–H and O–H groups in total. The Morgan fingerprint density at radius 3 is 0.815 bits per heavy atom. The second-order valence-corrected chi connectivity index (χ2v) is 21.6. The van der Waals surface area contributed by atoms with E-state index in [2.05, 4.69) is 167 Å². The fraction of sp³-hybridized carbons (Fsp3) is 0.640. The number of rotatable bonds is 59. The van der Waals surface area contributed by atoms with Gasteiger partial charge < -0.3 is 14.2 Å². The quantitative estimate of drug-likeness (QED) is 0.0261. The lowest BCUT2D eigenvalue weighted by Gasteiger charge is -2.18. The Kier molecular flexibility index (Phi) is 63.9. The standard InChI is InChI=1S/C75H122O6/c1-4-7-10-13-16-19-22-25-28-31-33-35-37-39-41-44-47-50-53-56-59-62-65-68-74(77)80-71-72(70-79-73(76)67-64-61-58-55-52-49-46-43-30-27-24-21-18-15-12-9-6-3)81-75(78)69-66-63-60-57-54-51-48-45-42-40-38-36-34-32-29-26-23-20-17-14-11-8-5-2/h7-8,10-11,16-17,19-20,25-30,33-36,39,41,47,50,56,59,72H,4-6,9,12-15,18,21-24,31-32,37-38,40,42-46,48-49,51-55,57-58,60-71H2,1-3H3/b10-7-,11-8-,19-16-,20-17-,28-25-,29-26-,30-27-,35-33-,36-34-,41-39-,50-47-,59-56-. The molecule has 0 bridgehead atoms. The molecule has 81 heavy (non-hydrogen) atoms. The fourth-order valence-electron chi connectivity index (χ4n) is 8.89. The lowest BCUT2D eigenvalue weighted by Crippen LogP contribution is -2.30. The van der Waals surface area contributed by atoms with Gasteiger partial charge in [-0.25, -0.2) is 0 Å². The monoisotopic (exact) mass is 1120 g/mol. The summed E-state index contributed by atoms with van der Waals surface area (Å²) in [6.45, 7) is 6.37. The van der Waals surface area contributed by atoms with E-state index in [0.717, 1.165) is 116 Å². The van der Waals surface area contributed by atoms with Crippen LogP contribution in [0.4, 0.5) is 0 Å². The number of carbonyl (C=O) groups is 3. The molecule has 0 aromatic rings. The van der Waals surface area contributed by atoms with Gasteiger partial charge in [0.1, 0.15) is 13.2 Å². The highest BCUT2D eigenvalue weighted by Crippen LogP contribution is 2.15. The number of unbranched alkanes of at least 4 members (excludes halogenated alkanes) is 24. The Bertz CT molecular complexity index is 1760. The molecule has 0 fully saturated rings. The molecule has 0 aliphatic heterocycles. The first-order chi connectivity index (χ1) is 40.0. The molecule has 0 amide bonds. The predicted octanol–water partition coefficient (Wildman–Crippen LogP) is 23.1. The van der Waals surface area contributed by atoms with E-state index in [9.17, 15) is 14.4 Å². The van der Waals surface area contributed by atoms with Crippen LogP contribution in [-0.4, -0.2) is 37.2 Å². The summed E-state index contributed by atoms with van der Waals surface area (Å²) >= 11 is 0. The van der Waals surface area contributed by atoms with Gasteiger partial charge in [-0.15, -0.1) is 0 Å². The first kappa shape index (κ1) is 76.3. The van der Waals surface area contributed by atoms with Gasteiger partial charge in [-0.05, 0) is 135 Å². The third kappa shape index (κ3) is 66.0. The third-order valence-electron chi connectivity index (χ3n) is 13.8. The summed E-state index contributed by atoms with van der Waals surface area (Å²) in [5, 5.41) is 0. The van der Waals surface area contributed by atoms with Crippen molar-refractivity contribution in [3.05, 3.63) is 146 Å². The minimum absolute atomic E-state index is 0.104. The van der Waals surface area contributed by atoms with Gasteiger partial charge in [-0.2, -0.15) is 0 Å². The zero-order valence-electron chi connectivity index (χ0n) is 52.5. The van der Waals surface area contributed by atoms with Crippen molar-refractivity contribution in [2.45, 2.75) is 297 Å². The van der Waals surface area contributed by atoms with Crippen LogP contribution in [0.2, 0.25) is 0 Å². The number of hydrogen-bond donors (Lipinski definition) is 0. The van der Waals surface area contributed by atoms with Gasteiger partial charge >= 0.3 is 17.9 Å². The van der Waals surface area contributed by atoms with Gasteiger partial charge in [0.15, 0.2) is 6.10 Å². The Hall–Kier alpha value is -4.71. The second-order valence-electron chi connectivity index (χ2n) is 21.6. The van der Waals surface area contributed by atoms with Crippen molar-refractivity contribution in [3.63, 3.8) is 0 Å². The van der Waals surface area contributed by atoms with Gasteiger partial charge in [0.25, 0.3) is 0 Å². The molecule has 0 aromatic heterocycles. The average Bonchev–Trinajstić information content (AvgIpc) is 3.47. The molecular weight excluding hydrogens is 997 g/mol. The molecule has 458 valence electrons. The van der Waals surface area contributed by atoms with E-state index in [4.69, 9.17) is 14.2 Å². The lowest BCUT2D eigenvalue weighted by molar-refractivity contribution is -0.167. The molecule has 1 atom stereocenters. The molecule has 6 heteroatoms. The Labute approximate surface area is 499 Å².